The Hall–Kier alpha value is -1.22. The molecular formula is C16H25NO2. The highest BCUT2D eigenvalue weighted by atomic mass is 16.5. The van der Waals surface area contributed by atoms with Crippen molar-refractivity contribution in [2.45, 2.75) is 45.7 Å². The van der Waals surface area contributed by atoms with Gasteiger partial charge in [0.15, 0.2) is 0 Å². The molecular weight excluding hydrogens is 238 g/mol. The van der Waals surface area contributed by atoms with Gasteiger partial charge in [-0.2, -0.15) is 0 Å². The summed E-state index contributed by atoms with van der Waals surface area (Å²) in [5.41, 5.74) is 0.988. The average molecular weight is 263 g/mol. The summed E-state index contributed by atoms with van der Waals surface area (Å²) in [5.74, 6) is 1.75. The second kappa shape index (κ2) is 5.83. The first-order chi connectivity index (χ1) is 9.04. The quantitative estimate of drug-likeness (QED) is 0.904. The molecule has 0 bridgehead atoms. The highest BCUT2D eigenvalue weighted by molar-refractivity contribution is 5.41. The molecule has 0 aromatic heterocycles. The van der Waals surface area contributed by atoms with Crippen molar-refractivity contribution in [2.75, 3.05) is 13.7 Å². The van der Waals surface area contributed by atoms with Crippen molar-refractivity contribution >= 4 is 0 Å². The van der Waals surface area contributed by atoms with E-state index < -0.39 is 0 Å². The Balaban J connectivity index is 2.21. The van der Waals surface area contributed by atoms with Crippen LogP contribution >= 0.6 is 0 Å². The maximum Gasteiger partial charge on any atom is 0.124 e. The van der Waals surface area contributed by atoms with E-state index in [4.69, 9.17) is 4.74 Å². The lowest BCUT2D eigenvalue weighted by Gasteiger charge is -2.42. The van der Waals surface area contributed by atoms with Crippen LogP contribution in [-0.2, 0) is 0 Å². The molecule has 1 aliphatic rings. The molecule has 19 heavy (non-hydrogen) atoms. The summed E-state index contributed by atoms with van der Waals surface area (Å²) in [4.78, 5) is 2.50. The van der Waals surface area contributed by atoms with Crippen molar-refractivity contribution in [1.29, 1.82) is 0 Å². The number of benzene rings is 1. The summed E-state index contributed by atoms with van der Waals surface area (Å²) >= 11 is 0. The average Bonchev–Trinajstić information content (AvgIpc) is 2.41. The standard InChI is InChI=1S/C16H25NO2/c1-11-6-5-9-17(12(11)2)13(3)15-8-7-14(19-4)10-16(15)18/h7-8,10-13,18H,5-6,9H2,1-4H3. The molecule has 3 atom stereocenters. The Kier molecular flexibility index (Phi) is 4.35. The Morgan fingerprint density at radius 2 is 2.11 bits per heavy atom. The van der Waals surface area contributed by atoms with Crippen LogP contribution in [0.5, 0.6) is 11.5 Å². The van der Waals surface area contributed by atoms with E-state index in [0.29, 0.717) is 17.5 Å². The fourth-order valence-electron chi connectivity index (χ4n) is 3.10. The Labute approximate surface area is 116 Å². The highest BCUT2D eigenvalue weighted by Gasteiger charge is 2.29. The lowest BCUT2D eigenvalue weighted by molar-refractivity contribution is 0.0743. The minimum Gasteiger partial charge on any atom is -0.507 e. The molecule has 1 fully saturated rings. The molecule has 2 rings (SSSR count). The lowest BCUT2D eigenvalue weighted by atomic mass is 9.89. The van der Waals surface area contributed by atoms with Crippen molar-refractivity contribution in [1.82, 2.24) is 4.90 Å². The number of phenolic OH excluding ortho intramolecular Hbond substituents is 1. The number of phenols is 1. The number of nitrogens with zero attached hydrogens (tertiary/aromatic N) is 1. The van der Waals surface area contributed by atoms with Crippen molar-refractivity contribution in [3.63, 3.8) is 0 Å². The molecule has 106 valence electrons. The molecule has 0 spiro atoms. The van der Waals surface area contributed by atoms with Crippen molar-refractivity contribution in [3.8, 4) is 11.5 Å². The second-order valence-corrected chi connectivity index (χ2v) is 5.70. The largest absolute Gasteiger partial charge is 0.507 e. The number of hydrogen-bond acceptors (Lipinski definition) is 3. The van der Waals surface area contributed by atoms with E-state index >= 15 is 0 Å². The summed E-state index contributed by atoms with van der Waals surface area (Å²) in [5, 5.41) is 10.2. The maximum atomic E-state index is 10.2. The van der Waals surface area contributed by atoms with E-state index in [9.17, 15) is 5.11 Å². The van der Waals surface area contributed by atoms with Gasteiger partial charge in [0.1, 0.15) is 11.5 Å². The number of ether oxygens (including phenoxy) is 1. The minimum absolute atomic E-state index is 0.239. The predicted octanol–water partition coefficient (Wildman–Crippen LogP) is 3.58. The number of aromatic hydroxyl groups is 1. The molecule has 0 radical (unpaired) electrons. The number of methoxy groups -OCH3 is 1. The number of piperidine rings is 1. The van der Waals surface area contributed by atoms with Crippen LogP contribution < -0.4 is 4.74 Å². The van der Waals surface area contributed by atoms with Gasteiger partial charge in [0.2, 0.25) is 0 Å². The molecule has 1 aliphatic heterocycles. The first-order valence-corrected chi connectivity index (χ1v) is 7.17. The molecule has 1 saturated heterocycles. The van der Waals surface area contributed by atoms with Gasteiger partial charge in [0.05, 0.1) is 7.11 Å². The van der Waals surface area contributed by atoms with Crippen LogP contribution in [0.1, 0.15) is 45.2 Å². The number of likely N-dealkylation sites (tertiary alicyclic amines) is 1. The highest BCUT2D eigenvalue weighted by Crippen LogP contribution is 2.36. The van der Waals surface area contributed by atoms with Gasteiger partial charge in [-0.25, -0.2) is 0 Å². The summed E-state index contributed by atoms with van der Waals surface area (Å²) < 4.78 is 5.14. The third-order valence-electron chi connectivity index (χ3n) is 4.61. The summed E-state index contributed by atoms with van der Waals surface area (Å²) in [6, 6.07) is 6.40. The molecule has 0 amide bonds. The van der Waals surface area contributed by atoms with Gasteiger partial charge in [0.25, 0.3) is 0 Å². The first-order valence-electron chi connectivity index (χ1n) is 7.17. The summed E-state index contributed by atoms with van der Waals surface area (Å²) in [6.45, 7) is 7.90. The fraction of sp³-hybridized carbons (Fsp3) is 0.625. The molecule has 3 nitrogen and oxygen atoms in total. The third-order valence-corrected chi connectivity index (χ3v) is 4.61. The number of hydrogen-bond donors (Lipinski definition) is 1. The van der Waals surface area contributed by atoms with Crippen LogP contribution in [-0.4, -0.2) is 29.7 Å². The molecule has 3 heteroatoms. The van der Waals surface area contributed by atoms with E-state index in [1.54, 1.807) is 13.2 Å². The smallest absolute Gasteiger partial charge is 0.124 e. The van der Waals surface area contributed by atoms with Crippen molar-refractivity contribution in [2.24, 2.45) is 5.92 Å². The molecule has 1 heterocycles. The molecule has 3 unspecified atom stereocenters. The predicted molar refractivity (Wildman–Crippen MR) is 77.6 cm³/mol. The van der Waals surface area contributed by atoms with Crippen LogP contribution in [0.25, 0.3) is 0 Å². The van der Waals surface area contributed by atoms with Gasteiger partial charge in [-0.3, -0.25) is 4.90 Å². The SMILES string of the molecule is COc1ccc(C(C)N2CCCC(C)C2C)c(O)c1. The normalized spacial score (nSPS) is 26.1. The van der Waals surface area contributed by atoms with Crippen LogP contribution in [0.2, 0.25) is 0 Å². The van der Waals surface area contributed by atoms with Gasteiger partial charge in [-0.15, -0.1) is 0 Å². The zero-order valence-corrected chi connectivity index (χ0v) is 12.4. The zero-order chi connectivity index (χ0) is 14.0. The molecule has 1 aromatic rings. The van der Waals surface area contributed by atoms with Gasteiger partial charge in [0, 0.05) is 23.7 Å². The molecule has 0 aliphatic carbocycles. The second-order valence-electron chi connectivity index (χ2n) is 5.70. The zero-order valence-electron chi connectivity index (χ0n) is 12.4. The third kappa shape index (κ3) is 2.86. The van der Waals surface area contributed by atoms with Crippen molar-refractivity contribution < 1.29 is 9.84 Å². The first kappa shape index (κ1) is 14.2. The van der Waals surface area contributed by atoms with Crippen LogP contribution in [0.3, 0.4) is 0 Å². The van der Waals surface area contributed by atoms with E-state index in [-0.39, 0.29) is 6.04 Å². The maximum absolute atomic E-state index is 10.2. The van der Waals surface area contributed by atoms with E-state index in [0.717, 1.165) is 18.0 Å². The molecule has 1 N–H and O–H groups in total. The van der Waals surface area contributed by atoms with E-state index in [1.807, 2.05) is 12.1 Å². The van der Waals surface area contributed by atoms with Gasteiger partial charge in [-0.1, -0.05) is 13.0 Å². The molecule has 1 aromatic carbocycles. The Morgan fingerprint density at radius 1 is 1.37 bits per heavy atom. The number of rotatable bonds is 3. The summed E-state index contributed by atoms with van der Waals surface area (Å²) in [6.07, 6.45) is 2.55. The Morgan fingerprint density at radius 3 is 2.74 bits per heavy atom. The van der Waals surface area contributed by atoms with Crippen molar-refractivity contribution in [3.05, 3.63) is 23.8 Å². The van der Waals surface area contributed by atoms with Gasteiger partial charge >= 0.3 is 0 Å². The minimum atomic E-state index is 0.239. The topological polar surface area (TPSA) is 32.7 Å². The van der Waals surface area contributed by atoms with Crippen LogP contribution in [0.4, 0.5) is 0 Å². The fourth-order valence-corrected chi connectivity index (χ4v) is 3.10. The summed E-state index contributed by atoms with van der Waals surface area (Å²) in [7, 11) is 1.62. The van der Waals surface area contributed by atoms with E-state index in [1.165, 1.54) is 12.8 Å². The van der Waals surface area contributed by atoms with Gasteiger partial charge < -0.3 is 9.84 Å². The molecule has 0 saturated carbocycles. The van der Waals surface area contributed by atoms with Gasteiger partial charge in [-0.05, 0) is 45.2 Å². The van der Waals surface area contributed by atoms with Crippen LogP contribution in [0, 0.1) is 5.92 Å². The van der Waals surface area contributed by atoms with E-state index in [2.05, 4.69) is 25.7 Å². The van der Waals surface area contributed by atoms with Crippen LogP contribution in [0.15, 0.2) is 18.2 Å². The Bertz CT molecular complexity index is 433. The monoisotopic (exact) mass is 263 g/mol. The lowest BCUT2D eigenvalue weighted by Crippen LogP contribution is -2.43.